The Hall–Kier alpha value is -6.26. The van der Waals surface area contributed by atoms with Crippen LogP contribution < -0.4 is 21.1 Å². The Morgan fingerprint density at radius 3 is 2.14 bits per heavy atom. The number of primary amides is 1. The number of urea groups is 1. The van der Waals surface area contributed by atoms with Gasteiger partial charge in [0.15, 0.2) is 0 Å². The lowest BCUT2D eigenvalue weighted by Gasteiger charge is -2.45. The number of carbonyl (C=O) groups is 5. The zero-order chi connectivity index (χ0) is 47.9. The first-order valence-corrected chi connectivity index (χ1v) is 25.9. The minimum Gasteiger partial charge on any atom is -0.457 e. The number of nitrogens with zero attached hydrogens (tertiary/aromatic N) is 7. The fraction of sp³-hybridized carbons (Fsp3) is 0.519. The average Bonchev–Trinajstić information content (AvgIpc) is 3.95. The third-order valence-corrected chi connectivity index (χ3v) is 16.7. The van der Waals surface area contributed by atoms with Crippen LogP contribution in [0.1, 0.15) is 114 Å². The van der Waals surface area contributed by atoms with Gasteiger partial charge in [-0.15, -0.1) is 0 Å². The number of aromatic nitrogens is 2. The summed E-state index contributed by atoms with van der Waals surface area (Å²) in [7, 11) is 0. The Morgan fingerprint density at radius 1 is 0.743 bits per heavy atom. The van der Waals surface area contributed by atoms with Crippen molar-refractivity contribution in [3.05, 3.63) is 95.1 Å². The molecule has 16 nitrogen and oxygen atoms in total. The van der Waals surface area contributed by atoms with Crippen molar-refractivity contribution in [2.24, 2.45) is 17.6 Å². The van der Waals surface area contributed by atoms with Gasteiger partial charge in [0, 0.05) is 69.4 Å². The molecular weight excluding hydrogens is 885 g/mol. The number of rotatable bonds is 10. The number of amides is 6. The molecule has 5 fully saturated rings. The molecule has 1 aromatic heterocycles. The fourth-order valence-electron chi connectivity index (χ4n) is 12.7. The number of piperidine rings is 5. The number of nitrogens with two attached hydrogens (primary N) is 1. The normalized spacial score (nSPS) is 23.5. The first kappa shape index (κ1) is 46.1. The first-order valence-electron chi connectivity index (χ1n) is 25.9. The highest BCUT2D eigenvalue weighted by Gasteiger charge is 2.41. The van der Waals surface area contributed by atoms with Gasteiger partial charge < -0.3 is 40.3 Å². The Bertz CT molecular complexity index is 2590. The number of fused-ring (bicyclic) bond motifs is 2. The van der Waals surface area contributed by atoms with E-state index < -0.39 is 11.9 Å². The maximum Gasteiger partial charge on any atom is 0.319 e. The van der Waals surface area contributed by atoms with E-state index in [1.807, 2.05) is 60.7 Å². The molecule has 70 heavy (non-hydrogen) atoms. The summed E-state index contributed by atoms with van der Waals surface area (Å²) in [6.07, 6.45) is 9.94. The van der Waals surface area contributed by atoms with E-state index in [1.54, 1.807) is 4.90 Å². The van der Waals surface area contributed by atoms with E-state index in [0.717, 1.165) is 146 Å². The van der Waals surface area contributed by atoms with Crippen molar-refractivity contribution in [3.8, 4) is 22.8 Å². The summed E-state index contributed by atoms with van der Waals surface area (Å²) >= 11 is 0. The number of nitrogens with one attached hydrogen (secondary N) is 2. The molecule has 3 aromatic carbocycles. The number of imide groups is 1. The predicted molar refractivity (Wildman–Crippen MR) is 264 cm³/mol. The number of hydrogen-bond donors (Lipinski definition) is 3. The van der Waals surface area contributed by atoms with Crippen LogP contribution in [0.15, 0.2) is 72.8 Å². The molecule has 5 saturated heterocycles. The van der Waals surface area contributed by atoms with E-state index >= 15 is 0 Å². The van der Waals surface area contributed by atoms with Crippen LogP contribution in [-0.2, 0) is 16.1 Å². The molecule has 0 aliphatic carbocycles. The molecule has 2 atom stereocenters. The molecule has 7 aliphatic rings. The second-order valence-corrected chi connectivity index (χ2v) is 20.8. The summed E-state index contributed by atoms with van der Waals surface area (Å²) in [5.74, 6) is 2.40. The molecule has 0 saturated carbocycles. The van der Waals surface area contributed by atoms with E-state index in [-0.39, 0.29) is 36.2 Å². The molecule has 0 spiro atoms. The van der Waals surface area contributed by atoms with E-state index in [1.165, 1.54) is 5.56 Å². The molecule has 16 heteroatoms. The molecule has 8 heterocycles. The van der Waals surface area contributed by atoms with Crippen molar-refractivity contribution < 1.29 is 28.7 Å². The first-order chi connectivity index (χ1) is 34.1. The summed E-state index contributed by atoms with van der Waals surface area (Å²) < 4.78 is 8.06. The molecule has 0 radical (unpaired) electrons. The van der Waals surface area contributed by atoms with Gasteiger partial charge in [0.25, 0.3) is 11.8 Å². The van der Waals surface area contributed by atoms with Gasteiger partial charge in [-0.05, 0) is 162 Å². The van der Waals surface area contributed by atoms with Gasteiger partial charge in [0.2, 0.25) is 11.8 Å². The van der Waals surface area contributed by atoms with Gasteiger partial charge in [-0.3, -0.25) is 24.5 Å². The smallest absolute Gasteiger partial charge is 0.319 e. The van der Waals surface area contributed by atoms with Crippen molar-refractivity contribution >= 4 is 35.5 Å². The Kier molecular flexibility index (Phi) is 13.1. The Labute approximate surface area is 409 Å². The number of anilines is 1. The van der Waals surface area contributed by atoms with Gasteiger partial charge in [-0.2, -0.15) is 5.10 Å². The molecular formula is C54H66N10O6. The maximum atomic E-state index is 13.8. The molecule has 4 aromatic rings. The predicted octanol–water partition coefficient (Wildman–Crippen LogP) is 6.45. The van der Waals surface area contributed by atoms with E-state index in [0.29, 0.717) is 59.3 Å². The van der Waals surface area contributed by atoms with Crippen LogP contribution in [0, 0.1) is 11.8 Å². The maximum absolute atomic E-state index is 13.8. The molecule has 4 N–H and O–H groups in total. The number of hydrogen-bond acceptors (Lipinski definition) is 10. The topological polar surface area (TPSA) is 179 Å². The zero-order valence-electron chi connectivity index (χ0n) is 40.1. The number of ether oxygens (including phenoxy) is 1. The number of benzene rings is 3. The summed E-state index contributed by atoms with van der Waals surface area (Å²) in [6.45, 7) is 9.65. The van der Waals surface area contributed by atoms with Gasteiger partial charge in [-0.1, -0.05) is 30.3 Å². The largest absolute Gasteiger partial charge is 0.457 e. The van der Waals surface area contributed by atoms with Crippen LogP contribution in [0.5, 0.6) is 11.5 Å². The van der Waals surface area contributed by atoms with Crippen molar-refractivity contribution in [1.82, 2.24) is 39.6 Å². The third kappa shape index (κ3) is 9.39. The Morgan fingerprint density at radius 2 is 1.44 bits per heavy atom. The molecule has 2 unspecified atom stereocenters. The highest BCUT2D eigenvalue weighted by Crippen LogP contribution is 2.41. The van der Waals surface area contributed by atoms with E-state index in [9.17, 15) is 24.0 Å². The van der Waals surface area contributed by atoms with Crippen molar-refractivity contribution in [2.75, 3.05) is 70.8 Å². The van der Waals surface area contributed by atoms with Crippen LogP contribution in [0.25, 0.3) is 11.3 Å². The molecule has 11 rings (SSSR count). The quantitative estimate of drug-likeness (QED) is 0.150. The summed E-state index contributed by atoms with van der Waals surface area (Å²) in [5.41, 5.74) is 10.8. The third-order valence-electron chi connectivity index (χ3n) is 16.7. The van der Waals surface area contributed by atoms with Crippen LogP contribution in [0.3, 0.4) is 0 Å². The number of para-hydroxylation sites is 1. The lowest BCUT2D eigenvalue weighted by Crippen LogP contribution is -2.53. The van der Waals surface area contributed by atoms with Crippen LogP contribution >= 0.6 is 0 Å². The van der Waals surface area contributed by atoms with E-state index in [2.05, 4.69) is 47.0 Å². The van der Waals surface area contributed by atoms with Gasteiger partial charge in [0.05, 0.1) is 6.04 Å². The zero-order valence-corrected chi connectivity index (χ0v) is 40.1. The number of carbonyl (C=O) groups excluding carboxylic acids is 5. The summed E-state index contributed by atoms with van der Waals surface area (Å²) in [4.78, 5) is 75.2. The van der Waals surface area contributed by atoms with Crippen LogP contribution in [0.2, 0.25) is 0 Å². The van der Waals surface area contributed by atoms with Crippen LogP contribution in [-0.4, -0.2) is 141 Å². The monoisotopic (exact) mass is 951 g/mol. The second kappa shape index (κ2) is 19.9. The Balaban J connectivity index is 0.610. The van der Waals surface area contributed by atoms with Crippen molar-refractivity contribution in [1.29, 1.82) is 0 Å². The van der Waals surface area contributed by atoms with Crippen molar-refractivity contribution in [3.63, 3.8) is 0 Å². The standard InChI is InChI=1S/C54H66N10O6/c55-50(66)48-49(38-6-9-43(10-7-38)70-42-4-2-1-3-5-42)58-64-45(14-23-56-51(48)64)37-19-28-60(29-20-37)41-21-30-62(31-22-41)54(69)61-26-15-35(16-27-61)33-59-24-17-36(18-25-59)39-8-11-44-40(32-39)34-63(53(44)68)46-12-13-47(65)57-52(46)67/h1-11,32,35-37,41,45-46,56H,12-31,33-34H2,(H2,55,66)(H,57,65,67). The average molecular weight is 951 g/mol. The van der Waals surface area contributed by atoms with E-state index in [4.69, 9.17) is 15.6 Å². The van der Waals surface area contributed by atoms with Crippen molar-refractivity contribution in [2.45, 2.75) is 101 Å². The molecule has 0 bridgehead atoms. The lowest BCUT2D eigenvalue weighted by atomic mass is 9.85. The molecule has 6 amide bonds. The fourth-order valence-corrected chi connectivity index (χ4v) is 12.7. The van der Waals surface area contributed by atoms with Crippen LogP contribution in [0.4, 0.5) is 10.6 Å². The highest BCUT2D eigenvalue weighted by atomic mass is 16.5. The number of likely N-dealkylation sites (tertiary alicyclic amines) is 4. The minimum absolute atomic E-state index is 0.122. The summed E-state index contributed by atoms with van der Waals surface area (Å²) in [5, 5.41) is 10.9. The molecule has 368 valence electrons. The summed E-state index contributed by atoms with van der Waals surface area (Å²) in [6, 6.07) is 23.8. The minimum atomic E-state index is -0.593. The molecule has 7 aliphatic heterocycles. The van der Waals surface area contributed by atoms with Gasteiger partial charge >= 0.3 is 6.03 Å². The highest BCUT2D eigenvalue weighted by molar-refractivity contribution is 6.05. The van der Waals surface area contributed by atoms with Gasteiger partial charge in [0.1, 0.15) is 34.6 Å². The lowest BCUT2D eigenvalue weighted by molar-refractivity contribution is -0.136. The van der Waals surface area contributed by atoms with Gasteiger partial charge in [-0.25, -0.2) is 9.48 Å². The second-order valence-electron chi connectivity index (χ2n) is 20.8. The SMILES string of the molecule is NC(=O)c1c(-c2ccc(Oc3ccccc3)cc2)nn2c1NCCC2C1CCN(C2CCN(C(=O)N3CCC(CN4CCC(c5ccc6c(c5)CN(C5CCC(=O)NC5=O)C6=O)CC4)CC3)CC2)CC1.